The van der Waals surface area contributed by atoms with Gasteiger partial charge in [-0.3, -0.25) is 0 Å². The molecule has 3 nitrogen and oxygen atoms in total. The number of aliphatic hydroxyl groups excluding tert-OH is 1. The van der Waals surface area contributed by atoms with E-state index >= 15 is 0 Å². The highest BCUT2D eigenvalue weighted by atomic mass is 32.2. The van der Waals surface area contributed by atoms with Crippen molar-refractivity contribution in [1.29, 1.82) is 0 Å². The molecule has 0 amide bonds. The Balaban J connectivity index is 2.36. The third-order valence-electron chi connectivity index (χ3n) is 3.35. The van der Waals surface area contributed by atoms with Crippen LogP contribution in [0.1, 0.15) is 44.4 Å². The van der Waals surface area contributed by atoms with E-state index in [0.717, 1.165) is 42.3 Å². The first-order chi connectivity index (χ1) is 9.49. The van der Waals surface area contributed by atoms with Crippen LogP contribution in [0.2, 0.25) is 0 Å². The van der Waals surface area contributed by atoms with Crippen molar-refractivity contribution in [3.8, 4) is 0 Å². The van der Waals surface area contributed by atoms with Gasteiger partial charge in [0.05, 0.1) is 11.6 Å². The molecule has 2 N–H and O–H groups in total. The van der Waals surface area contributed by atoms with E-state index in [1.54, 1.807) is 11.8 Å². The van der Waals surface area contributed by atoms with Crippen molar-refractivity contribution in [2.24, 2.45) is 0 Å². The molecular weight excluding hydrogens is 268 g/mol. The summed E-state index contributed by atoms with van der Waals surface area (Å²) >= 11 is 1.80. The van der Waals surface area contributed by atoms with E-state index in [1.807, 2.05) is 6.92 Å². The highest BCUT2D eigenvalue weighted by Crippen LogP contribution is 2.21. The number of hydrogen-bond donors (Lipinski definition) is 2. The molecule has 0 aromatic carbocycles. The summed E-state index contributed by atoms with van der Waals surface area (Å²) in [5.74, 6) is 1.04. The van der Waals surface area contributed by atoms with Crippen LogP contribution in [0.5, 0.6) is 0 Å². The van der Waals surface area contributed by atoms with Crippen LogP contribution in [0.15, 0.2) is 17.2 Å². The quantitative estimate of drug-likeness (QED) is 0.542. The van der Waals surface area contributed by atoms with Gasteiger partial charge >= 0.3 is 0 Å². The summed E-state index contributed by atoms with van der Waals surface area (Å²) in [6, 6.07) is 4.24. The van der Waals surface area contributed by atoms with Crippen LogP contribution in [0.3, 0.4) is 0 Å². The Kier molecular flexibility index (Phi) is 7.56. The molecule has 1 heterocycles. The van der Waals surface area contributed by atoms with Crippen molar-refractivity contribution in [3.63, 3.8) is 0 Å². The Morgan fingerprint density at radius 3 is 2.70 bits per heavy atom. The van der Waals surface area contributed by atoms with Gasteiger partial charge in [0.15, 0.2) is 0 Å². The lowest BCUT2D eigenvalue weighted by molar-refractivity contribution is 0.165. The van der Waals surface area contributed by atoms with Gasteiger partial charge in [0.25, 0.3) is 0 Å². The van der Waals surface area contributed by atoms with E-state index in [2.05, 4.69) is 43.2 Å². The van der Waals surface area contributed by atoms with Gasteiger partial charge in [-0.1, -0.05) is 6.92 Å². The summed E-state index contributed by atoms with van der Waals surface area (Å²) in [5, 5.41) is 14.1. The van der Waals surface area contributed by atoms with E-state index in [1.165, 1.54) is 5.56 Å². The highest BCUT2D eigenvalue weighted by Gasteiger charge is 2.21. The Morgan fingerprint density at radius 2 is 2.10 bits per heavy atom. The third kappa shape index (κ3) is 6.25. The molecule has 1 aromatic rings. The predicted molar refractivity (Wildman–Crippen MR) is 87.5 cm³/mol. The van der Waals surface area contributed by atoms with Crippen LogP contribution >= 0.6 is 11.8 Å². The molecule has 0 saturated carbocycles. The number of aryl methyl sites for hydroxylation is 2. The van der Waals surface area contributed by atoms with Gasteiger partial charge in [-0.2, -0.15) is 0 Å². The number of nitrogens with one attached hydrogen (secondary N) is 1. The zero-order valence-corrected chi connectivity index (χ0v) is 14.0. The van der Waals surface area contributed by atoms with E-state index in [4.69, 9.17) is 0 Å². The summed E-state index contributed by atoms with van der Waals surface area (Å²) in [4.78, 5) is 4.54. The van der Waals surface area contributed by atoms with Gasteiger partial charge in [0.1, 0.15) is 0 Å². The minimum absolute atomic E-state index is 0.146. The lowest BCUT2D eigenvalue weighted by Gasteiger charge is -2.28. The lowest BCUT2D eigenvalue weighted by Crippen LogP contribution is -2.46. The SMILES string of the molecule is CCCNC(C)(CO)CCCSc1cc(C)cc(C)n1. The number of hydrogen-bond acceptors (Lipinski definition) is 4. The standard InChI is InChI=1S/C16H28N2OS/c1-5-8-17-16(4,12-19)7-6-9-20-15-11-13(2)10-14(3)18-15/h10-11,17,19H,5-9,12H2,1-4H3. The van der Waals surface area contributed by atoms with Crippen LogP contribution in [0.4, 0.5) is 0 Å². The fourth-order valence-electron chi connectivity index (χ4n) is 2.17. The van der Waals surface area contributed by atoms with Crippen molar-refractivity contribution < 1.29 is 5.11 Å². The molecule has 0 aliphatic carbocycles. The first-order valence-corrected chi connectivity index (χ1v) is 8.41. The summed E-state index contributed by atoms with van der Waals surface area (Å²) in [6.45, 7) is 9.54. The fraction of sp³-hybridized carbons (Fsp3) is 0.688. The highest BCUT2D eigenvalue weighted by molar-refractivity contribution is 7.99. The van der Waals surface area contributed by atoms with Crippen molar-refractivity contribution in [2.45, 2.75) is 57.5 Å². The average Bonchev–Trinajstić information content (AvgIpc) is 2.40. The van der Waals surface area contributed by atoms with Gasteiger partial charge in [0, 0.05) is 11.2 Å². The molecule has 0 bridgehead atoms. The molecule has 0 radical (unpaired) electrons. The number of aliphatic hydroxyl groups is 1. The molecule has 0 aliphatic heterocycles. The summed E-state index contributed by atoms with van der Waals surface area (Å²) < 4.78 is 0. The second-order valence-corrected chi connectivity index (χ2v) is 6.84. The Labute approximate surface area is 127 Å². The summed E-state index contributed by atoms with van der Waals surface area (Å²) in [6.07, 6.45) is 3.16. The largest absolute Gasteiger partial charge is 0.394 e. The van der Waals surface area contributed by atoms with Crippen LogP contribution in [0.25, 0.3) is 0 Å². The van der Waals surface area contributed by atoms with Gasteiger partial charge in [0.2, 0.25) is 0 Å². The van der Waals surface area contributed by atoms with E-state index in [-0.39, 0.29) is 12.1 Å². The molecule has 1 aromatic heterocycles. The molecule has 0 spiro atoms. The van der Waals surface area contributed by atoms with Crippen LogP contribution in [-0.2, 0) is 0 Å². The second kappa shape index (κ2) is 8.65. The minimum atomic E-state index is -0.146. The average molecular weight is 296 g/mol. The monoisotopic (exact) mass is 296 g/mol. The van der Waals surface area contributed by atoms with Gasteiger partial charge < -0.3 is 10.4 Å². The topological polar surface area (TPSA) is 45.1 Å². The predicted octanol–water partition coefficient (Wildman–Crippen LogP) is 3.32. The fourth-order valence-corrected chi connectivity index (χ4v) is 3.14. The molecule has 4 heteroatoms. The Bertz CT molecular complexity index is 391. The minimum Gasteiger partial charge on any atom is -0.394 e. The lowest BCUT2D eigenvalue weighted by atomic mass is 9.97. The number of nitrogens with zero attached hydrogens (tertiary/aromatic N) is 1. The van der Waals surface area contributed by atoms with Crippen molar-refractivity contribution in [3.05, 3.63) is 23.4 Å². The molecule has 0 saturated heterocycles. The van der Waals surface area contributed by atoms with E-state index in [0.29, 0.717) is 0 Å². The zero-order chi connectivity index (χ0) is 15.0. The number of aromatic nitrogens is 1. The Hall–Kier alpha value is -0.580. The maximum absolute atomic E-state index is 9.52. The maximum atomic E-state index is 9.52. The molecule has 1 rings (SSSR count). The molecule has 114 valence electrons. The first-order valence-electron chi connectivity index (χ1n) is 7.43. The van der Waals surface area contributed by atoms with Crippen molar-refractivity contribution in [1.82, 2.24) is 10.3 Å². The van der Waals surface area contributed by atoms with Gasteiger partial charge in [-0.25, -0.2) is 4.98 Å². The summed E-state index contributed by atoms with van der Waals surface area (Å²) in [5.41, 5.74) is 2.20. The normalized spacial score (nSPS) is 14.2. The molecular formula is C16H28N2OS. The number of thioether (sulfide) groups is 1. The second-order valence-electron chi connectivity index (χ2n) is 5.72. The molecule has 0 fully saturated rings. The summed E-state index contributed by atoms with van der Waals surface area (Å²) in [7, 11) is 0. The molecule has 1 atom stereocenters. The smallest absolute Gasteiger partial charge is 0.0965 e. The Morgan fingerprint density at radius 1 is 1.35 bits per heavy atom. The molecule has 20 heavy (non-hydrogen) atoms. The van der Waals surface area contributed by atoms with Crippen molar-refractivity contribution >= 4 is 11.8 Å². The van der Waals surface area contributed by atoms with Crippen LogP contribution in [-0.4, -0.2) is 34.5 Å². The van der Waals surface area contributed by atoms with Crippen LogP contribution in [0, 0.1) is 13.8 Å². The molecule has 0 aliphatic rings. The van der Waals surface area contributed by atoms with E-state index < -0.39 is 0 Å². The van der Waals surface area contributed by atoms with E-state index in [9.17, 15) is 5.11 Å². The van der Waals surface area contributed by atoms with Gasteiger partial charge in [-0.15, -0.1) is 11.8 Å². The van der Waals surface area contributed by atoms with Crippen LogP contribution < -0.4 is 5.32 Å². The van der Waals surface area contributed by atoms with Crippen molar-refractivity contribution in [2.75, 3.05) is 18.9 Å². The number of pyridine rings is 1. The first kappa shape index (κ1) is 17.5. The van der Waals surface area contributed by atoms with Gasteiger partial charge in [-0.05, 0) is 70.0 Å². The maximum Gasteiger partial charge on any atom is 0.0965 e. The zero-order valence-electron chi connectivity index (χ0n) is 13.2. The number of rotatable bonds is 9. The third-order valence-corrected chi connectivity index (χ3v) is 4.35. The molecule has 1 unspecified atom stereocenters.